The second kappa shape index (κ2) is 7.20. The molecule has 0 heterocycles. The maximum absolute atomic E-state index is 5.27. The van der Waals surface area contributed by atoms with Gasteiger partial charge in [0.15, 0.2) is 0 Å². The molecule has 0 aromatic heterocycles. The Morgan fingerprint density at radius 2 is 1.80 bits per heavy atom. The number of ether oxygens (including phenoxy) is 2. The van der Waals surface area contributed by atoms with Gasteiger partial charge in [0.2, 0.25) is 0 Å². The van der Waals surface area contributed by atoms with Crippen LogP contribution >= 0.6 is 0 Å². The van der Waals surface area contributed by atoms with Gasteiger partial charge in [0.25, 0.3) is 0 Å². The van der Waals surface area contributed by atoms with Crippen molar-refractivity contribution < 1.29 is 9.47 Å². The number of hydrogen-bond acceptors (Lipinski definition) is 3. The highest BCUT2D eigenvalue weighted by Crippen LogP contribution is 2.19. The molecule has 3 nitrogen and oxygen atoms in total. The third-order valence-corrected chi connectivity index (χ3v) is 2.96. The van der Waals surface area contributed by atoms with Crippen LogP contribution in [0.4, 0.5) is 0 Å². The van der Waals surface area contributed by atoms with Crippen molar-refractivity contribution in [1.29, 1.82) is 0 Å². The van der Waals surface area contributed by atoms with E-state index in [1.807, 2.05) is 0 Å². The summed E-state index contributed by atoms with van der Waals surface area (Å²) in [5.41, 5.74) is 0.276. The van der Waals surface area contributed by atoms with Crippen LogP contribution in [0.3, 0.4) is 0 Å². The van der Waals surface area contributed by atoms with Gasteiger partial charge in [-0.2, -0.15) is 0 Å². The highest BCUT2D eigenvalue weighted by Gasteiger charge is 2.19. The Bertz CT molecular complexity index is 160. The second-order valence-electron chi connectivity index (χ2n) is 5.02. The molecule has 2 unspecified atom stereocenters. The summed E-state index contributed by atoms with van der Waals surface area (Å²) in [5, 5.41) is 3.50. The fourth-order valence-electron chi connectivity index (χ4n) is 1.27. The van der Waals surface area contributed by atoms with Gasteiger partial charge in [-0.15, -0.1) is 0 Å². The van der Waals surface area contributed by atoms with Crippen molar-refractivity contribution in [2.75, 3.05) is 27.4 Å². The molecule has 0 spiro atoms. The van der Waals surface area contributed by atoms with E-state index in [0.29, 0.717) is 6.04 Å². The first-order chi connectivity index (χ1) is 6.93. The Morgan fingerprint density at radius 3 is 2.27 bits per heavy atom. The van der Waals surface area contributed by atoms with E-state index >= 15 is 0 Å². The molecule has 0 bridgehead atoms. The Hall–Kier alpha value is -0.120. The average molecular weight is 217 g/mol. The van der Waals surface area contributed by atoms with Crippen molar-refractivity contribution in [1.82, 2.24) is 5.32 Å². The van der Waals surface area contributed by atoms with Crippen LogP contribution in [0, 0.1) is 5.41 Å². The largest absolute Gasteiger partial charge is 0.385 e. The first-order valence-corrected chi connectivity index (χ1v) is 5.68. The lowest BCUT2D eigenvalue weighted by Gasteiger charge is -2.28. The summed E-state index contributed by atoms with van der Waals surface area (Å²) in [5.74, 6) is 0. The van der Waals surface area contributed by atoms with Crippen molar-refractivity contribution in [2.24, 2.45) is 5.41 Å². The first-order valence-electron chi connectivity index (χ1n) is 5.68. The van der Waals surface area contributed by atoms with Crippen molar-refractivity contribution in [3.8, 4) is 0 Å². The Morgan fingerprint density at radius 1 is 1.20 bits per heavy atom. The average Bonchev–Trinajstić information content (AvgIpc) is 2.22. The number of rotatable bonds is 8. The van der Waals surface area contributed by atoms with Gasteiger partial charge in [0, 0.05) is 33.4 Å². The molecule has 1 N–H and O–H groups in total. The summed E-state index contributed by atoms with van der Waals surface area (Å²) < 4.78 is 10.4. The molecule has 0 aromatic rings. The van der Waals surface area contributed by atoms with Crippen molar-refractivity contribution in [3.63, 3.8) is 0 Å². The normalized spacial score (nSPS) is 16.4. The minimum Gasteiger partial charge on any atom is -0.385 e. The zero-order chi connectivity index (χ0) is 11.9. The van der Waals surface area contributed by atoms with Gasteiger partial charge in [0.1, 0.15) is 0 Å². The highest BCUT2D eigenvalue weighted by atomic mass is 16.5. The van der Waals surface area contributed by atoms with E-state index in [9.17, 15) is 0 Å². The van der Waals surface area contributed by atoms with Crippen LogP contribution < -0.4 is 5.32 Å². The molecule has 0 aliphatic carbocycles. The lowest BCUT2D eigenvalue weighted by Crippen LogP contribution is -2.42. The van der Waals surface area contributed by atoms with Crippen LogP contribution in [0.5, 0.6) is 0 Å². The van der Waals surface area contributed by atoms with E-state index in [1.165, 1.54) is 0 Å². The summed E-state index contributed by atoms with van der Waals surface area (Å²) in [4.78, 5) is 0. The first kappa shape index (κ1) is 14.9. The molecule has 0 aliphatic heterocycles. The minimum atomic E-state index is 0.253. The number of hydrogen-bond donors (Lipinski definition) is 1. The van der Waals surface area contributed by atoms with Gasteiger partial charge in [0.05, 0.1) is 6.10 Å². The molecule has 0 amide bonds. The standard InChI is InChI=1S/C12H27NO2/c1-10(11(2)15-6)13-9-12(3,4)7-8-14-5/h10-11,13H,7-9H2,1-6H3. The molecular weight excluding hydrogens is 190 g/mol. The molecule has 15 heavy (non-hydrogen) atoms. The van der Waals surface area contributed by atoms with E-state index < -0.39 is 0 Å². The van der Waals surface area contributed by atoms with Crippen LogP contribution in [0.15, 0.2) is 0 Å². The Balaban J connectivity index is 3.81. The van der Waals surface area contributed by atoms with Crippen molar-refractivity contribution in [2.45, 2.75) is 46.3 Å². The second-order valence-corrected chi connectivity index (χ2v) is 5.02. The lowest BCUT2D eigenvalue weighted by atomic mass is 9.89. The summed E-state index contributed by atoms with van der Waals surface area (Å²) >= 11 is 0. The molecule has 0 aromatic carbocycles. The van der Waals surface area contributed by atoms with Gasteiger partial charge in [-0.05, 0) is 25.7 Å². The number of methoxy groups -OCH3 is 2. The molecule has 0 radical (unpaired) electrons. The van der Waals surface area contributed by atoms with E-state index in [2.05, 4.69) is 33.0 Å². The predicted octanol–water partition coefficient (Wildman–Crippen LogP) is 2.06. The third-order valence-electron chi connectivity index (χ3n) is 2.96. The molecule has 0 aliphatic rings. The summed E-state index contributed by atoms with van der Waals surface area (Å²) in [6.45, 7) is 10.6. The molecule has 0 saturated heterocycles. The molecule has 3 heteroatoms. The fraction of sp³-hybridized carbons (Fsp3) is 1.00. The zero-order valence-corrected chi connectivity index (χ0v) is 11.1. The summed E-state index contributed by atoms with van der Waals surface area (Å²) in [6.07, 6.45) is 1.33. The third kappa shape index (κ3) is 6.88. The van der Waals surface area contributed by atoms with Crippen molar-refractivity contribution >= 4 is 0 Å². The SMILES string of the molecule is COCCC(C)(C)CNC(C)C(C)OC. The Kier molecular flexibility index (Phi) is 7.14. The van der Waals surface area contributed by atoms with E-state index in [4.69, 9.17) is 9.47 Å². The molecule has 2 atom stereocenters. The monoisotopic (exact) mass is 217 g/mol. The summed E-state index contributed by atoms with van der Waals surface area (Å²) in [7, 11) is 3.50. The van der Waals surface area contributed by atoms with Gasteiger partial charge in [-0.25, -0.2) is 0 Å². The van der Waals surface area contributed by atoms with E-state index in [-0.39, 0.29) is 11.5 Å². The predicted molar refractivity (Wildman–Crippen MR) is 64.2 cm³/mol. The van der Waals surface area contributed by atoms with Gasteiger partial charge in [-0.1, -0.05) is 13.8 Å². The zero-order valence-electron chi connectivity index (χ0n) is 11.1. The maximum Gasteiger partial charge on any atom is 0.0693 e. The van der Waals surface area contributed by atoms with Crippen LogP contribution in [-0.4, -0.2) is 39.5 Å². The maximum atomic E-state index is 5.27. The highest BCUT2D eigenvalue weighted by molar-refractivity contribution is 4.76. The van der Waals surface area contributed by atoms with Crippen LogP contribution in [-0.2, 0) is 9.47 Å². The lowest BCUT2D eigenvalue weighted by molar-refractivity contribution is 0.0817. The summed E-state index contributed by atoms with van der Waals surface area (Å²) in [6, 6.07) is 0.386. The smallest absolute Gasteiger partial charge is 0.0693 e. The van der Waals surface area contributed by atoms with Gasteiger partial charge >= 0.3 is 0 Å². The van der Waals surface area contributed by atoms with Crippen LogP contribution in [0.1, 0.15) is 34.1 Å². The van der Waals surface area contributed by atoms with E-state index in [0.717, 1.165) is 19.6 Å². The quantitative estimate of drug-likeness (QED) is 0.675. The van der Waals surface area contributed by atoms with Crippen LogP contribution in [0.2, 0.25) is 0 Å². The van der Waals surface area contributed by atoms with Gasteiger partial charge < -0.3 is 14.8 Å². The Labute approximate surface area is 94.5 Å². The minimum absolute atomic E-state index is 0.253. The molecule has 0 rings (SSSR count). The molecular formula is C12H27NO2. The molecule has 0 saturated carbocycles. The topological polar surface area (TPSA) is 30.5 Å². The molecule has 0 fully saturated rings. The molecule has 92 valence electrons. The van der Waals surface area contributed by atoms with Gasteiger partial charge in [-0.3, -0.25) is 0 Å². The number of nitrogens with one attached hydrogen (secondary N) is 1. The van der Waals surface area contributed by atoms with Crippen LogP contribution in [0.25, 0.3) is 0 Å². The van der Waals surface area contributed by atoms with E-state index in [1.54, 1.807) is 14.2 Å². The fourth-order valence-corrected chi connectivity index (χ4v) is 1.27. The van der Waals surface area contributed by atoms with Crippen molar-refractivity contribution in [3.05, 3.63) is 0 Å².